The number of rotatable bonds is 3. The van der Waals surface area contributed by atoms with E-state index in [2.05, 4.69) is 5.32 Å². The van der Waals surface area contributed by atoms with Crippen molar-refractivity contribution >= 4 is 11.8 Å². The lowest BCUT2D eigenvalue weighted by Crippen LogP contribution is -2.63. The van der Waals surface area contributed by atoms with Crippen LogP contribution in [0, 0.1) is 5.92 Å². The Bertz CT molecular complexity index is 398. The molecule has 5 nitrogen and oxygen atoms in total. The van der Waals surface area contributed by atoms with Gasteiger partial charge in [-0.2, -0.15) is 0 Å². The van der Waals surface area contributed by atoms with Gasteiger partial charge in [0, 0.05) is 0 Å². The maximum absolute atomic E-state index is 12.6. The van der Waals surface area contributed by atoms with Gasteiger partial charge in [-0.15, -0.1) is 0 Å². The Morgan fingerprint density at radius 3 is 2.79 bits per heavy atom. The van der Waals surface area contributed by atoms with E-state index in [0.29, 0.717) is 6.10 Å². The van der Waals surface area contributed by atoms with Crippen molar-refractivity contribution in [3.8, 4) is 0 Å². The molecule has 1 N–H and O–H groups in total. The minimum atomic E-state index is -0.356. The lowest BCUT2D eigenvalue weighted by atomic mass is 9.90. The van der Waals surface area contributed by atoms with Crippen LogP contribution in [-0.4, -0.2) is 47.6 Å². The molecule has 0 radical (unpaired) electrons. The Morgan fingerprint density at radius 2 is 2.21 bits per heavy atom. The Morgan fingerprint density at radius 1 is 1.42 bits per heavy atom. The number of ether oxygens (including phenoxy) is 1. The molecule has 3 heterocycles. The van der Waals surface area contributed by atoms with Crippen molar-refractivity contribution in [2.75, 3.05) is 6.54 Å². The van der Waals surface area contributed by atoms with Gasteiger partial charge in [-0.25, -0.2) is 0 Å². The molecule has 0 aromatic heterocycles. The Kier molecular flexibility index (Phi) is 3.25. The number of carbonyl (C=O) groups is 2. The van der Waals surface area contributed by atoms with Crippen LogP contribution < -0.4 is 5.32 Å². The number of carbonyl (C=O) groups excluding carboxylic acids is 2. The van der Waals surface area contributed by atoms with Gasteiger partial charge in [-0.1, -0.05) is 20.3 Å². The molecule has 2 bridgehead atoms. The molecule has 0 aromatic rings. The minimum absolute atomic E-state index is 0.0346. The first-order chi connectivity index (χ1) is 9.10. The molecule has 106 valence electrons. The van der Waals surface area contributed by atoms with Crippen molar-refractivity contribution in [3.63, 3.8) is 0 Å². The molecule has 0 spiro atoms. The fourth-order valence-corrected chi connectivity index (χ4v) is 3.53. The van der Waals surface area contributed by atoms with Crippen LogP contribution in [-0.2, 0) is 14.3 Å². The van der Waals surface area contributed by atoms with Gasteiger partial charge in [0.15, 0.2) is 0 Å². The molecule has 0 aromatic carbocycles. The highest BCUT2D eigenvalue weighted by Crippen LogP contribution is 2.38. The third-order valence-corrected chi connectivity index (χ3v) is 4.87. The molecule has 5 atom stereocenters. The molecule has 3 aliphatic rings. The van der Waals surface area contributed by atoms with Crippen molar-refractivity contribution in [1.82, 2.24) is 10.2 Å². The van der Waals surface area contributed by atoms with Crippen LogP contribution in [0.5, 0.6) is 0 Å². The van der Waals surface area contributed by atoms with Crippen LogP contribution in [0.2, 0.25) is 0 Å². The van der Waals surface area contributed by atoms with Gasteiger partial charge in [0.2, 0.25) is 11.8 Å². The highest BCUT2D eigenvalue weighted by molar-refractivity contribution is 5.95. The van der Waals surface area contributed by atoms with E-state index in [1.54, 1.807) is 4.90 Å². The van der Waals surface area contributed by atoms with Crippen LogP contribution in [0.4, 0.5) is 0 Å². The van der Waals surface area contributed by atoms with Gasteiger partial charge in [0.25, 0.3) is 0 Å². The average Bonchev–Trinajstić information content (AvgIpc) is 3.02. The first-order valence-corrected chi connectivity index (χ1v) is 7.35. The minimum Gasteiger partial charge on any atom is -0.373 e. The summed E-state index contributed by atoms with van der Waals surface area (Å²) in [5, 5.41) is 2.84. The van der Waals surface area contributed by atoms with E-state index in [9.17, 15) is 9.59 Å². The van der Waals surface area contributed by atoms with Crippen LogP contribution in [0.15, 0.2) is 0 Å². The van der Waals surface area contributed by atoms with Crippen LogP contribution in [0.1, 0.15) is 39.5 Å². The molecule has 0 saturated carbocycles. The predicted octanol–water partition coefficient (Wildman–Crippen LogP) is 0.679. The Balaban J connectivity index is 1.77. The monoisotopic (exact) mass is 266 g/mol. The number of hydrogen-bond donors (Lipinski definition) is 1. The normalized spacial score (nSPS) is 39.6. The quantitative estimate of drug-likeness (QED) is 0.817. The molecule has 3 fully saturated rings. The summed E-state index contributed by atoms with van der Waals surface area (Å²) in [6, 6.07) is -0.241. The van der Waals surface area contributed by atoms with Crippen molar-refractivity contribution in [1.29, 1.82) is 0 Å². The molecule has 2 amide bonds. The SMILES string of the molecule is CCC(C)C1NC(=O)CN(C2CC3CCC2O3)C1=O. The molecule has 3 saturated heterocycles. The summed E-state index contributed by atoms with van der Waals surface area (Å²) < 4.78 is 5.82. The highest BCUT2D eigenvalue weighted by Gasteiger charge is 2.48. The molecule has 5 unspecified atom stereocenters. The maximum atomic E-state index is 12.6. The summed E-state index contributed by atoms with van der Waals surface area (Å²) in [5.74, 6) is 0.224. The molecule has 3 aliphatic heterocycles. The zero-order valence-electron chi connectivity index (χ0n) is 11.6. The molecular weight excluding hydrogens is 244 g/mol. The standard InChI is InChI=1S/C14H22N2O3/c1-3-8(2)13-14(18)16(7-12(17)15-13)10-6-9-4-5-11(10)19-9/h8-11,13H,3-7H2,1-2H3,(H,15,17). The lowest BCUT2D eigenvalue weighted by Gasteiger charge is -2.40. The number of amides is 2. The van der Waals surface area contributed by atoms with Crippen molar-refractivity contribution in [2.24, 2.45) is 5.92 Å². The van der Waals surface area contributed by atoms with E-state index in [-0.39, 0.29) is 42.5 Å². The summed E-state index contributed by atoms with van der Waals surface area (Å²) in [5.41, 5.74) is 0. The maximum Gasteiger partial charge on any atom is 0.246 e. The third kappa shape index (κ3) is 2.14. The van der Waals surface area contributed by atoms with E-state index in [1.807, 2.05) is 13.8 Å². The summed E-state index contributed by atoms with van der Waals surface area (Å²) in [6.07, 6.45) is 4.36. The fraction of sp³-hybridized carbons (Fsp3) is 0.857. The molecule has 3 rings (SSSR count). The summed E-state index contributed by atoms with van der Waals surface area (Å²) in [6.45, 7) is 4.26. The van der Waals surface area contributed by atoms with Crippen LogP contribution in [0.25, 0.3) is 0 Å². The second-order valence-corrected chi connectivity index (χ2v) is 6.07. The molecule has 0 aliphatic carbocycles. The Labute approximate surface area is 113 Å². The molecular formula is C14H22N2O3. The first kappa shape index (κ1) is 12.9. The van der Waals surface area contributed by atoms with E-state index in [4.69, 9.17) is 4.74 Å². The van der Waals surface area contributed by atoms with Crippen molar-refractivity contribution in [3.05, 3.63) is 0 Å². The number of nitrogens with one attached hydrogen (secondary N) is 1. The van der Waals surface area contributed by atoms with Gasteiger partial charge in [-0.3, -0.25) is 9.59 Å². The van der Waals surface area contributed by atoms with Gasteiger partial charge in [0.05, 0.1) is 18.2 Å². The average molecular weight is 266 g/mol. The van der Waals surface area contributed by atoms with E-state index < -0.39 is 0 Å². The van der Waals surface area contributed by atoms with Crippen LogP contribution in [0.3, 0.4) is 0 Å². The summed E-state index contributed by atoms with van der Waals surface area (Å²) >= 11 is 0. The van der Waals surface area contributed by atoms with Crippen molar-refractivity contribution < 1.29 is 14.3 Å². The third-order valence-electron chi connectivity index (χ3n) is 4.87. The number of nitrogens with zero attached hydrogens (tertiary/aromatic N) is 1. The first-order valence-electron chi connectivity index (χ1n) is 7.35. The van der Waals surface area contributed by atoms with E-state index in [1.165, 1.54) is 0 Å². The number of fused-ring (bicyclic) bond motifs is 2. The fourth-order valence-electron chi connectivity index (χ4n) is 3.53. The zero-order valence-corrected chi connectivity index (χ0v) is 11.6. The second-order valence-electron chi connectivity index (χ2n) is 6.07. The topological polar surface area (TPSA) is 58.6 Å². The second kappa shape index (κ2) is 4.78. The van der Waals surface area contributed by atoms with Gasteiger partial charge >= 0.3 is 0 Å². The highest BCUT2D eigenvalue weighted by atomic mass is 16.5. The Hall–Kier alpha value is -1.10. The molecule has 5 heteroatoms. The summed E-state index contributed by atoms with van der Waals surface area (Å²) in [7, 11) is 0. The van der Waals surface area contributed by atoms with Crippen LogP contribution >= 0.6 is 0 Å². The summed E-state index contributed by atoms with van der Waals surface area (Å²) in [4.78, 5) is 26.2. The molecule has 19 heavy (non-hydrogen) atoms. The zero-order chi connectivity index (χ0) is 13.6. The number of hydrogen-bond acceptors (Lipinski definition) is 3. The smallest absolute Gasteiger partial charge is 0.246 e. The van der Waals surface area contributed by atoms with Gasteiger partial charge in [0.1, 0.15) is 12.6 Å². The van der Waals surface area contributed by atoms with E-state index in [0.717, 1.165) is 25.7 Å². The predicted molar refractivity (Wildman–Crippen MR) is 69.4 cm³/mol. The van der Waals surface area contributed by atoms with Crippen molar-refractivity contribution in [2.45, 2.75) is 63.8 Å². The lowest BCUT2D eigenvalue weighted by molar-refractivity contribution is -0.149. The number of piperazine rings is 1. The largest absolute Gasteiger partial charge is 0.373 e. The van der Waals surface area contributed by atoms with Gasteiger partial charge in [-0.05, 0) is 25.2 Å². The van der Waals surface area contributed by atoms with Gasteiger partial charge < -0.3 is 15.0 Å². The van der Waals surface area contributed by atoms with E-state index >= 15 is 0 Å².